The normalized spacial score (nSPS) is 21.7. The molecule has 1 N–H and O–H groups in total. The van der Waals surface area contributed by atoms with Crippen LogP contribution < -0.4 is 9.46 Å². The summed E-state index contributed by atoms with van der Waals surface area (Å²) in [6, 6.07) is 6.01. The number of benzene rings is 1. The fourth-order valence-electron chi connectivity index (χ4n) is 2.57. The second-order valence-corrected chi connectivity index (χ2v) is 6.79. The number of ether oxygens (including phenoxy) is 1. The van der Waals surface area contributed by atoms with Crippen LogP contribution >= 0.6 is 11.9 Å². The van der Waals surface area contributed by atoms with E-state index < -0.39 is 33.1 Å². The van der Waals surface area contributed by atoms with Crippen LogP contribution in [-0.2, 0) is 20.7 Å². The van der Waals surface area contributed by atoms with Crippen molar-refractivity contribution >= 4 is 33.6 Å². The van der Waals surface area contributed by atoms with Crippen molar-refractivity contribution in [2.75, 3.05) is 21.2 Å². The third-order valence-corrected chi connectivity index (χ3v) is 4.97. The first-order chi connectivity index (χ1) is 11.4. The number of carbonyl (C=O) groups excluding carboxylic acids is 2. The maximum Gasteiger partial charge on any atom is 0.311 e. The van der Waals surface area contributed by atoms with Gasteiger partial charge in [0.05, 0.1) is 13.2 Å². The summed E-state index contributed by atoms with van der Waals surface area (Å²) < 4.78 is 33.1. The Morgan fingerprint density at radius 3 is 2.50 bits per heavy atom. The summed E-state index contributed by atoms with van der Waals surface area (Å²) in [5.74, 6) is 0.123. The average molecular weight is 371 g/mol. The summed E-state index contributed by atoms with van der Waals surface area (Å²) in [6.45, 7) is 0. The van der Waals surface area contributed by atoms with Crippen molar-refractivity contribution in [3.8, 4) is 5.75 Å². The number of rotatable bonds is 5. The molecule has 130 valence electrons. The van der Waals surface area contributed by atoms with Gasteiger partial charge in [0.15, 0.2) is 0 Å². The predicted octanol–water partition coefficient (Wildman–Crippen LogP) is 1.21. The van der Waals surface area contributed by atoms with Crippen LogP contribution in [0, 0.1) is 0 Å². The molecule has 8 nitrogen and oxygen atoms in total. The molecule has 10 heteroatoms. The maximum absolute atomic E-state index is 12.9. The summed E-state index contributed by atoms with van der Waals surface area (Å²) in [5, 5.41) is -0.482. The smallest absolute Gasteiger partial charge is 0.311 e. The Labute approximate surface area is 145 Å². The molecule has 0 saturated heterocycles. The van der Waals surface area contributed by atoms with E-state index in [9.17, 15) is 18.0 Å². The number of carbonyl (C=O) groups is 2. The molecule has 1 fully saturated rings. The highest BCUT2D eigenvalue weighted by atomic mass is 32.2. The van der Waals surface area contributed by atoms with Gasteiger partial charge in [-0.05, 0) is 31.2 Å². The number of imide groups is 1. The lowest BCUT2D eigenvalue weighted by atomic mass is 9.93. The first-order valence-corrected chi connectivity index (χ1v) is 8.82. The largest absolute Gasteiger partial charge is 0.497 e. The van der Waals surface area contributed by atoms with E-state index in [1.54, 1.807) is 31.3 Å². The molecular formula is C14H17N3O5S2. The van der Waals surface area contributed by atoms with Gasteiger partial charge in [-0.25, -0.2) is 0 Å². The quantitative estimate of drug-likeness (QED) is 0.776. The summed E-state index contributed by atoms with van der Waals surface area (Å²) in [7, 11) is 1.83. The van der Waals surface area contributed by atoms with Crippen molar-refractivity contribution in [3.05, 3.63) is 29.8 Å². The van der Waals surface area contributed by atoms with Crippen molar-refractivity contribution in [2.24, 2.45) is 4.36 Å². The molecule has 0 radical (unpaired) electrons. The average Bonchev–Trinajstić information content (AvgIpc) is 3.27. The van der Waals surface area contributed by atoms with Crippen molar-refractivity contribution in [2.45, 2.75) is 17.9 Å². The highest BCUT2D eigenvalue weighted by Crippen LogP contribution is 2.52. The van der Waals surface area contributed by atoms with Gasteiger partial charge in [0.1, 0.15) is 11.2 Å². The number of hydrogen-bond acceptors (Lipinski definition) is 8. The van der Waals surface area contributed by atoms with Crippen LogP contribution in [0.15, 0.2) is 28.6 Å². The third-order valence-electron chi connectivity index (χ3n) is 3.89. The van der Waals surface area contributed by atoms with E-state index in [0.29, 0.717) is 11.3 Å². The first-order valence-electron chi connectivity index (χ1n) is 6.97. The molecule has 2 unspecified atom stereocenters. The molecule has 1 aliphatic carbocycles. The summed E-state index contributed by atoms with van der Waals surface area (Å²) >= 11 is 0.772. The summed E-state index contributed by atoms with van der Waals surface area (Å²) in [4.78, 5) is 25.8. The van der Waals surface area contributed by atoms with Crippen LogP contribution in [0.25, 0.3) is 0 Å². The molecule has 0 bridgehead atoms. The zero-order valence-electron chi connectivity index (χ0n) is 13.3. The Morgan fingerprint density at radius 1 is 1.38 bits per heavy atom. The predicted molar refractivity (Wildman–Crippen MR) is 89.2 cm³/mol. The van der Waals surface area contributed by atoms with Crippen LogP contribution in [0.2, 0.25) is 0 Å². The van der Waals surface area contributed by atoms with Crippen LogP contribution in [0.4, 0.5) is 4.79 Å². The molecule has 2 amide bonds. The summed E-state index contributed by atoms with van der Waals surface area (Å²) in [6.07, 6.45) is 0.230. The van der Waals surface area contributed by atoms with Crippen LogP contribution in [-0.4, -0.2) is 51.7 Å². The molecular weight excluding hydrogens is 354 g/mol. The number of amides is 2. The molecule has 24 heavy (non-hydrogen) atoms. The van der Waals surface area contributed by atoms with Gasteiger partial charge in [-0.15, -0.1) is 0 Å². The molecule has 1 aromatic carbocycles. The minimum atomic E-state index is -2.63. The highest BCUT2D eigenvalue weighted by Gasteiger charge is 2.63. The molecule has 0 aliphatic heterocycles. The lowest BCUT2D eigenvalue weighted by molar-refractivity contribution is -0.129. The van der Waals surface area contributed by atoms with Gasteiger partial charge in [-0.2, -0.15) is 12.8 Å². The fourth-order valence-corrected chi connectivity index (χ4v) is 3.42. The number of hydrogen-bond donors (Lipinski definition) is 1. The fraction of sp³-hybridized carbons (Fsp3) is 0.429. The van der Waals surface area contributed by atoms with E-state index in [1.807, 2.05) is 0 Å². The number of methoxy groups -OCH3 is 1. The lowest BCUT2D eigenvalue weighted by Gasteiger charge is -2.22. The molecule has 2 rings (SSSR count). The highest BCUT2D eigenvalue weighted by molar-refractivity contribution is 8.11. The molecule has 0 heterocycles. The van der Waals surface area contributed by atoms with Crippen LogP contribution in [0.1, 0.15) is 12.0 Å². The molecule has 0 aromatic heterocycles. The van der Waals surface area contributed by atoms with Crippen molar-refractivity contribution in [3.63, 3.8) is 0 Å². The standard InChI is InChI=1S/C14H17N3O5S2/c1-15-23-13(19)17(2)12(18)14(8-11(14)16-24(20)21)9-4-6-10(22-3)7-5-9/h4-7,11,15H,8H2,1-3H3. The van der Waals surface area contributed by atoms with Crippen molar-refractivity contribution in [1.29, 1.82) is 0 Å². The maximum atomic E-state index is 12.9. The van der Waals surface area contributed by atoms with E-state index in [1.165, 1.54) is 14.2 Å². The van der Waals surface area contributed by atoms with Gasteiger partial charge in [-0.1, -0.05) is 12.1 Å². The van der Waals surface area contributed by atoms with Crippen molar-refractivity contribution < 1.29 is 22.7 Å². The number of nitrogens with one attached hydrogen (secondary N) is 1. The Morgan fingerprint density at radius 2 is 2.00 bits per heavy atom. The van der Waals surface area contributed by atoms with Crippen LogP contribution in [0.5, 0.6) is 5.75 Å². The molecule has 1 aliphatic rings. The zero-order chi connectivity index (χ0) is 17.9. The van der Waals surface area contributed by atoms with E-state index in [-0.39, 0.29) is 6.42 Å². The van der Waals surface area contributed by atoms with E-state index in [4.69, 9.17) is 4.74 Å². The monoisotopic (exact) mass is 371 g/mol. The van der Waals surface area contributed by atoms with Gasteiger partial charge in [-0.3, -0.25) is 19.2 Å². The van der Waals surface area contributed by atoms with E-state index in [0.717, 1.165) is 16.8 Å². The second-order valence-electron chi connectivity index (χ2n) is 5.18. The Kier molecular flexibility index (Phi) is 5.62. The Hall–Kier alpha value is -1.91. The SMILES string of the molecule is CNSC(=O)N(C)C(=O)C1(c2ccc(OC)cc2)CC1N=S(=O)=O. The third kappa shape index (κ3) is 3.45. The van der Waals surface area contributed by atoms with E-state index in [2.05, 4.69) is 9.08 Å². The minimum absolute atomic E-state index is 0.230. The lowest BCUT2D eigenvalue weighted by Crippen LogP contribution is -2.41. The Balaban J connectivity index is 2.40. The molecule has 1 aromatic rings. The second kappa shape index (κ2) is 7.32. The number of nitrogens with zero attached hydrogens (tertiary/aromatic N) is 2. The van der Waals surface area contributed by atoms with Gasteiger partial charge in [0.2, 0.25) is 5.91 Å². The first kappa shape index (κ1) is 18.4. The van der Waals surface area contributed by atoms with Gasteiger partial charge < -0.3 is 4.74 Å². The van der Waals surface area contributed by atoms with E-state index >= 15 is 0 Å². The molecule has 0 spiro atoms. The summed E-state index contributed by atoms with van der Waals surface area (Å²) in [5.41, 5.74) is -0.549. The molecule has 2 atom stereocenters. The minimum Gasteiger partial charge on any atom is -0.497 e. The van der Waals surface area contributed by atoms with Gasteiger partial charge in [0, 0.05) is 19.0 Å². The topological polar surface area (TPSA) is 105 Å². The Bertz CT molecular complexity index is 770. The van der Waals surface area contributed by atoms with Gasteiger partial charge >= 0.3 is 15.7 Å². The van der Waals surface area contributed by atoms with Gasteiger partial charge in [0.25, 0.3) is 0 Å². The molecule has 1 saturated carbocycles. The van der Waals surface area contributed by atoms with Crippen molar-refractivity contribution in [1.82, 2.24) is 9.62 Å². The van der Waals surface area contributed by atoms with Crippen LogP contribution in [0.3, 0.4) is 0 Å². The number of likely N-dealkylation sites (N-methyl/N-ethyl adjacent to an activating group) is 1. The zero-order valence-corrected chi connectivity index (χ0v) is 15.0.